The zero-order chi connectivity index (χ0) is 29.8. The van der Waals surface area contributed by atoms with Crippen LogP contribution in [0.3, 0.4) is 0 Å². The van der Waals surface area contributed by atoms with Crippen molar-refractivity contribution in [3.63, 3.8) is 0 Å². The number of carboxylic acid groups (broad SMARTS) is 1. The molecule has 0 unspecified atom stereocenters. The summed E-state index contributed by atoms with van der Waals surface area (Å²) in [5.74, 6) is -0.371. The van der Waals surface area contributed by atoms with E-state index in [1.807, 2.05) is 12.1 Å². The average molecular weight is 616 g/mol. The van der Waals surface area contributed by atoms with Crippen LogP contribution in [0.1, 0.15) is 27.0 Å². The van der Waals surface area contributed by atoms with E-state index in [0.717, 1.165) is 73.8 Å². The smallest absolute Gasteiger partial charge is 0.335 e. The number of hydrogen-bond donors (Lipinski definition) is 2. The molecule has 3 aromatic carbocycles. The lowest BCUT2D eigenvalue weighted by atomic mass is 9.99. The van der Waals surface area contributed by atoms with E-state index in [9.17, 15) is 9.59 Å². The predicted molar refractivity (Wildman–Crippen MR) is 174 cm³/mol. The summed E-state index contributed by atoms with van der Waals surface area (Å²) in [5, 5.41) is 12.6. The number of morpholine rings is 1. The normalized spacial score (nSPS) is 17.8. The van der Waals surface area contributed by atoms with E-state index in [0.29, 0.717) is 28.8 Å². The van der Waals surface area contributed by atoms with Gasteiger partial charge in [-0.25, -0.2) is 4.79 Å². The summed E-state index contributed by atoms with van der Waals surface area (Å²) in [6.45, 7) is 5.99. The number of benzene rings is 3. The summed E-state index contributed by atoms with van der Waals surface area (Å²) < 4.78 is 12.3. The topological polar surface area (TPSA) is 91.3 Å². The van der Waals surface area contributed by atoms with E-state index >= 15 is 0 Å². The third-order valence-electron chi connectivity index (χ3n) is 7.91. The molecule has 3 heterocycles. The number of nitrogens with zero attached hydrogens (tertiary/aromatic N) is 2. The zero-order valence-corrected chi connectivity index (χ0v) is 25.3. The van der Waals surface area contributed by atoms with Crippen molar-refractivity contribution < 1.29 is 24.2 Å². The van der Waals surface area contributed by atoms with Crippen LogP contribution >= 0.6 is 24.0 Å². The number of thioether (sulfide) groups is 1. The van der Waals surface area contributed by atoms with Gasteiger partial charge in [-0.2, -0.15) is 0 Å². The molecule has 0 spiro atoms. The van der Waals surface area contributed by atoms with Crippen LogP contribution in [-0.4, -0.2) is 83.6 Å². The van der Waals surface area contributed by atoms with Gasteiger partial charge in [0.15, 0.2) is 0 Å². The van der Waals surface area contributed by atoms with E-state index in [1.165, 1.54) is 23.0 Å². The van der Waals surface area contributed by atoms with E-state index in [1.54, 1.807) is 29.2 Å². The highest BCUT2D eigenvalue weighted by atomic mass is 32.2. The molecule has 6 rings (SSSR count). The van der Waals surface area contributed by atoms with Crippen LogP contribution in [0, 0.1) is 0 Å². The first-order valence-electron chi connectivity index (χ1n) is 14.5. The molecule has 8 nitrogen and oxygen atoms in total. The lowest BCUT2D eigenvalue weighted by Crippen LogP contribution is -2.38. The Morgan fingerprint density at radius 2 is 1.81 bits per heavy atom. The second-order valence-electron chi connectivity index (χ2n) is 10.7. The molecule has 3 aliphatic heterocycles. The number of carbonyl (C=O) groups is 2. The third-order valence-corrected chi connectivity index (χ3v) is 9.29. The lowest BCUT2D eigenvalue weighted by molar-refractivity contribution is -0.122. The number of nitrogens with one attached hydrogen (secondary N) is 1. The Morgan fingerprint density at radius 1 is 1.05 bits per heavy atom. The lowest BCUT2D eigenvalue weighted by Gasteiger charge is -2.26. The largest absolute Gasteiger partial charge is 0.492 e. The second-order valence-corrected chi connectivity index (χ2v) is 12.4. The maximum atomic E-state index is 13.5. The van der Waals surface area contributed by atoms with Gasteiger partial charge >= 0.3 is 5.97 Å². The maximum absolute atomic E-state index is 13.5. The SMILES string of the molecule is O=C(O)c1ccc(CCN2C(=O)/C(=C/c3cc(-c4ccc5c(c4)CCN5)ccc3OCCN3CCOCC3)SC2=S)cc1. The van der Waals surface area contributed by atoms with E-state index in [4.69, 9.17) is 26.8 Å². The number of amides is 1. The molecular formula is C33H33N3O5S2. The molecule has 3 aliphatic rings. The van der Waals surface area contributed by atoms with Crippen LogP contribution in [-0.2, 0) is 22.4 Å². The highest BCUT2D eigenvalue weighted by Gasteiger charge is 2.32. The summed E-state index contributed by atoms with van der Waals surface area (Å²) in [6.07, 6.45) is 3.46. The van der Waals surface area contributed by atoms with Crippen molar-refractivity contribution >= 4 is 51.9 Å². The Morgan fingerprint density at radius 3 is 2.60 bits per heavy atom. The molecule has 3 aromatic rings. The van der Waals surface area contributed by atoms with Crippen LogP contribution in [0.25, 0.3) is 17.2 Å². The molecule has 43 heavy (non-hydrogen) atoms. The van der Waals surface area contributed by atoms with Crippen molar-refractivity contribution in [3.8, 4) is 16.9 Å². The van der Waals surface area contributed by atoms with Gasteiger partial charge in [0.2, 0.25) is 0 Å². The Kier molecular flexibility index (Phi) is 9.08. The van der Waals surface area contributed by atoms with Crippen LogP contribution in [0.5, 0.6) is 5.75 Å². The molecule has 0 bridgehead atoms. The van der Waals surface area contributed by atoms with Gasteiger partial charge in [0, 0.05) is 44.0 Å². The number of thiocarbonyl (C=S) groups is 1. The average Bonchev–Trinajstić information content (AvgIpc) is 3.60. The summed E-state index contributed by atoms with van der Waals surface area (Å²) in [6, 6.07) is 19.3. The Balaban J connectivity index is 1.21. The van der Waals surface area contributed by atoms with Gasteiger partial charge in [0.1, 0.15) is 16.7 Å². The molecule has 0 aliphatic carbocycles. The molecule has 0 aromatic heterocycles. The van der Waals surface area contributed by atoms with Crippen molar-refractivity contribution in [2.45, 2.75) is 12.8 Å². The third kappa shape index (κ3) is 6.94. The molecule has 2 fully saturated rings. The van der Waals surface area contributed by atoms with Gasteiger partial charge in [-0.3, -0.25) is 14.6 Å². The monoisotopic (exact) mass is 615 g/mol. The highest BCUT2D eigenvalue weighted by molar-refractivity contribution is 8.26. The summed E-state index contributed by atoms with van der Waals surface area (Å²) in [7, 11) is 0. The minimum Gasteiger partial charge on any atom is -0.492 e. The van der Waals surface area contributed by atoms with Gasteiger partial charge in [-0.15, -0.1) is 0 Å². The number of carbonyl (C=O) groups excluding carboxylic acids is 1. The highest BCUT2D eigenvalue weighted by Crippen LogP contribution is 2.37. The van der Waals surface area contributed by atoms with E-state index in [2.05, 4.69) is 40.5 Å². The van der Waals surface area contributed by atoms with Crippen molar-refractivity contribution in [1.29, 1.82) is 0 Å². The second kappa shape index (κ2) is 13.3. The number of fused-ring (bicyclic) bond motifs is 1. The molecule has 0 atom stereocenters. The number of ether oxygens (including phenoxy) is 2. The predicted octanol–water partition coefficient (Wildman–Crippen LogP) is 5.17. The fourth-order valence-corrected chi connectivity index (χ4v) is 6.75. The van der Waals surface area contributed by atoms with Gasteiger partial charge in [0.25, 0.3) is 5.91 Å². The minimum atomic E-state index is -0.963. The first-order valence-corrected chi connectivity index (χ1v) is 15.7. The van der Waals surface area contributed by atoms with Crippen molar-refractivity contribution in [2.24, 2.45) is 0 Å². The molecule has 1 amide bonds. The van der Waals surface area contributed by atoms with E-state index < -0.39 is 5.97 Å². The van der Waals surface area contributed by atoms with E-state index in [-0.39, 0.29) is 11.5 Å². The summed E-state index contributed by atoms with van der Waals surface area (Å²) >= 11 is 6.90. The zero-order valence-electron chi connectivity index (χ0n) is 23.7. The Bertz CT molecular complexity index is 1570. The number of hydrogen-bond acceptors (Lipinski definition) is 8. The molecule has 10 heteroatoms. The summed E-state index contributed by atoms with van der Waals surface area (Å²) in [5.41, 5.74) is 6.69. The summed E-state index contributed by atoms with van der Waals surface area (Å²) in [4.78, 5) is 29.2. The van der Waals surface area contributed by atoms with Gasteiger partial charge in [-0.05, 0) is 77.6 Å². The Hall–Kier alpha value is -3.70. The number of anilines is 1. The fraction of sp³-hybridized carbons (Fsp3) is 0.303. The number of rotatable bonds is 10. The Labute approximate surface area is 260 Å². The minimum absolute atomic E-state index is 0.134. The molecule has 0 radical (unpaired) electrons. The van der Waals surface area contributed by atoms with Crippen molar-refractivity contribution in [3.05, 3.63) is 87.8 Å². The number of carboxylic acids is 1. The molecular weight excluding hydrogens is 583 g/mol. The first kappa shape index (κ1) is 29.4. The van der Waals surface area contributed by atoms with Crippen LogP contribution in [0.2, 0.25) is 0 Å². The standard InChI is InChI=1S/C33H33N3O5S2/c37-31-30(43-33(42)36(31)12-10-22-1-3-23(4-2-22)32(38)39)21-27-20-25(24-5-7-28-26(19-24)9-11-34-28)6-8-29(27)41-18-15-35-13-16-40-17-14-35/h1-8,19-21,34H,9-18H2,(H,38,39)/b30-21-. The number of aromatic carboxylic acids is 1. The molecule has 2 N–H and O–H groups in total. The van der Waals surface area contributed by atoms with Gasteiger partial charge < -0.3 is 19.9 Å². The molecule has 222 valence electrons. The fourth-order valence-electron chi connectivity index (χ4n) is 5.46. The van der Waals surface area contributed by atoms with Crippen molar-refractivity contribution in [2.75, 3.05) is 57.9 Å². The van der Waals surface area contributed by atoms with Crippen LogP contribution in [0.4, 0.5) is 5.69 Å². The van der Waals surface area contributed by atoms with Gasteiger partial charge in [0.05, 0.1) is 23.7 Å². The molecule has 2 saturated heterocycles. The van der Waals surface area contributed by atoms with Gasteiger partial charge in [-0.1, -0.05) is 48.2 Å². The van der Waals surface area contributed by atoms with Crippen LogP contribution < -0.4 is 10.1 Å². The van der Waals surface area contributed by atoms with Crippen molar-refractivity contribution in [1.82, 2.24) is 9.80 Å². The van der Waals surface area contributed by atoms with Crippen LogP contribution in [0.15, 0.2) is 65.6 Å². The quantitative estimate of drug-likeness (QED) is 0.237. The first-order chi connectivity index (χ1) is 20.9. The molecule has 0 saturated carbocycles. The maximum Gasteiger partial charge on any atom is 0.335 e.